The summed E-state index contributed by atoms with van der Waals surface area (Å²) in [4.78, 5) is 14.3. The van der Waals surface area contributed by atoms with E-state index >= 15 is 0 Å². The van der Waals surface area contributed by atoms with Crippen LogP contribution in [-0.4, -0.2) is 36.2 Å². The summed E-state index contributed by atoms with van der Waals surface area (Å²) in [6.07, 6.45) is 3.38. The lowest BCUT2D eigenvalue weighted by Crippen LogP contribution is -2.13. The largest absolute Gasteiger partial charge is 0.269 e. The monoisotopic (exact) mass is 338 g/mol. The molecule has 0 amide bonds. The van der Waals surface area contributed by atoms with Gasteiger partial charge < -0.3 is 0 Å². The maximum absolute atomic E-state index is 10.8. The molecule has 3 aromatic rings. The topological polar surface area (TPSA) is 99.1 Å². The lowest BCUT2D eigenvalue weighted by Gasteiger charge is -2.13. The summed E-state index contributed by atoms with van der Waals surface area (Å²) in [6, 6.07) is 10.1. The SMILES string of the molecule is O=[N+]([O-])c1ccc(C2=Nn3c(nnc3-c3ccncc3)SC2)cc1. The van der Waals surface area contributed by atoms with Crippen LogP contribution in [0.2, 0.25) is 0 Å². The maximum atomic E-state index is 10.8. The fraction of sp³-hybridized carbons (Fsp3) is 0.0667. The molecule has 0 fully saturated rings. The highest BCUT2D eigenvalue weighted by Crippen LogP contribution is 2.28. The number of nitro groups is 1. The summed E-state index contributed by atoms with van der Waals surface area (Å²) in [5.74, 6) is 1.27. The van der Waals surface area contributed by atoms with Crippen LogP contribution in [0.3, 0.4) is 0 Å². The van der Waals surface area contributed by atoms with E-state index in [1.165, 1.54) is 23.9 Å². The van der Waals surface area contributed by atoms with Crippen molar-refractivity contribution in [2.24, 2.45) is 5.10 Å². The number of thioether (sulfide) groups is 1. The molecule has 0 atom stereocenters. The van der Waals surface area contributed by atoms with Gasteiger partial charge in [-0.1, -0.05) is 11.8 Å². The second kappa shape index (κ2) is 5.85. The number of fused-ring (bicyclic) bond motifs is 1. The number of non-ortho nitro benzene ring substituents is 1. The molecule has 0 saturated carbocycles. The number of aromatic nitrogens is 4. The third kappa shape index (κ3) is 2.54. The van der Waals surface area contributed by atoms with Crippen molar-refractivity contribution in [3.63, 3.8) is 0 Å². The Hall–Kier alpha value is -3.07. The summed E-state index contributed by atoms with van der Waals surface area (Å²) < 4.78 is 1.69. The predicted octanol–water partition coefficient (Wildman–Crippen LogP) is 2.61. The van der Waals surface area contributed by atoms with Crippen LogP contribution in [0.5, 0.6) is 0 Å². The molecule has 0 spiro atoms. The fourth-order valence-corrected chi connectivity index (χ4v) is 3.16. The molecule has 0 unspecified atom stereocenters. The average Bonchev–Trinajstić information content (AvgIpc) is 3.05. The summed E-state index contributed by atoms with van der Waals surface area (Å²) in [5.41, 5.74) is 2.59. The molecule has 0 N–H and O–H groups in total. The molecule has 0 bridgehead atoms. The number of rotatable bonds is 3. The normalized spacial score (nSPS) is 13.2. The molecule has 3 heterocycles. The van der Waals surface area contributed by atoms with Gasteiger partial charge in [-0.2, -0.15) is 9.78 Å². The van der Waals surface area contributed by atoms with Gasteiger partial charge in [0, 0.05) is 35.8 Å². The number of hydrogen-bond acceptors (Lipinski definition) is 7. The van der Waals surface area contributed by atoms with E-state index in [0.717, 1.165) is 16.8 Å². The highest BCUT2D eigenvalue weighted by atomic mass is 32.2. The van der Waals surface area contributed by atoms with Gasteiger partial charge >= 0.3 is 0 Å². The van der Waals surface area contributed by atoms with Crippen molar-refractivity contribution in [1.29, 1.82) is 0 Å². The number of nitro benzene ring substituents is 1. The Kier molecular flexibility index (Phi) is 3.54. The first-order valence-corrected chi connectivity index (χ1v) is 8.02. The molecule has 24 heavy (non-hydrogen) atoms. The molecule has 4 rings (SSSR count). The van der Waals surface area contributed by atoms with Crippen LogP contribution in [0.1, 0.15) is 5.56 Å². The average molecular weight is 338 g/mol. The Balaban J connectivity index is 1.74. The smallest absolute Gasteiger partial charge is 0.265 e. The Labute approximate surface area is 140 Å². The first-order valence-electron chi connectivity index (χ1n) is 7.03. The molecule has 1 aliphatic rings. The quantitative estimate of drug-likeness (QED) is 0.537. The standard InChI is InChI=1S/C15H10N6O2S/c22-21(23)12-3-1-10(2-4-12)13-9-24-15-18-17-14(20(15)19-13)11-5-7-16-8-6-11/h1-8H,9H2. The summed E-state index contributed by atoms with van der Waals surface area (Å²) >= 11 is 1.53. The minimum absolute atomic E-state index is 0.0604. The van der Waals surface area contributed by atoms with Gasteiger partial charge in [0.15, 0.2) is 5.82 Å². The zero-order chi connectivity index (χ0) is 16.5. The number of hydrogen-bond donors (Lipinski definition) is 0. The van der Waals surface area contributed by atoms with Crippen molar-refractivity contribution in [2.75, 3.05) is 5.75 Å². The van der Waals surface area contributed by atoms with Gasteiger partial charge in [0.25, 0.3) is 5.69 Å². The minimum Gasteiger partial charge on any atom is -0.265 e. The Morgan fingerprint density at radius 1 is 1.04 bits per heavy atom. The third-order valence-corrected chi connectivity index (χ3v) is 4.45. The van der Waals surface area contributed by atoms with Gasteiger partial charge in [-0.25, -0.2) is 0 Å². The van der Waals surface area contributed by atoms with Crippen LogP contribution in [0.15, 0.2) is 59.0 Å². The second-order valence-corrected chi connectivity index (χ2v) is 5.94. The van der Waals surface area contributed by atoms with Crippen LogP contribution in [-0.2, 0) is 0 Å². The zero-order valence-electron chi connectivity index (χ0n) is 12.2. The second-order valence-electron chi connectivity index (χ2n) is 4.99. The first-order chi connectivity index (χ1) is 11.7. The number of benzene rings is 1. The van der Waals surface area contributed by atoms with E-state index in [4.69, 9.17) is 0 Å². The molecule has 0 saturated heterocycles. The Morgan fingerprint density at radius 3 is 2.50 bits per heavy atom. The van der Waals surface area contributed by atoms with Crippen LogP contribution in [0.4, 0.5) is 5.69 Å². The van der Waals surface area contributed by atoms with E-state index < -0.39 is 4.92 Å². The molecular weight excluding hydrogens is 328 g/mol. The van der Waals surface area contributed by atoms with Gasteiger partial charge in [0.1, 0.15) is 0 Å². The molecule has 0 aliphatic carbocycles. The Morgan fingerprint density at radius 2 is 1.79 bits per heavy atom. The summed E-state index contributed by atoms with van der Waals surface area (Å²) in [5, 5.41) is 24.5. The van der Waals surface area contributed by atoms with E-state index in [2.05, 4.69) is 20.3 Å². The highest BCUT2D eigenvalue weighted by Gasteiger charge is 2.21. The lowest BCUT2D eigenvalue weighted by molar-refractivity contribution is -0.384. The number of nitrogens with zero attached hydrogens (tertiary/aromatic N) is 6. The minimum atomic E-state index is -0.416. The summed E-state index contributed by atoms with van der Waals surface area (Å²) in [6.45, 7) is 0. The molecule has 118 valence electrons. The van der Waals surface area contributed by atoms with Gasteiger partial charge in [0.2, 0.25) is 5.16 Å². The van der Waals surface area contributed by atoms with Crippen molar-refractivity contribution in [2.45, 2.75) is 5.16 Å². The van der Waals surface area contributed by atoms with E-state index in [1.807, 2.05) is 12.1 Å². The van der Waals surface area contributed by atoms with Crippen molar-refractivity contribution >= 4 is 23.2 Å². The third-order valence-electron chi connectivity index (χ3n) is 3.52. The fourth-order valence-electron chi connectivity index (χ4n) is 2.33. The van der Waals surface area contributed by atoms with E-state index in [1.54, 1.807) is 29.2 Å². The molecule has 8 nitrogen and oxygen atoms in total. The molecule has 1 aliphatic heterocycles. The van der Waals surface area contributed by atoms with Crippen molar-refractivity contribution in [1.82, 2.24) is 19.9 Å². The van der Waals surface area contributed by atoms with Crippen LogP contribution < -0.4 is 0 Å². The zero-order valence-corrected chi connectivity index (χ0v) is 13.1. The van der Waals surface area contributed by atoms with Gasteiger partial charge in [-0.05, 0) is 29.8 Å². The highest BCUT2D eigenvalue weighted by molar-refractivity contribution is 7.99. The van der Waals surface area contributed by atoms with Crippen LogP contribution >= 0.6 is 11.8 Å². The molecule has 2 aromatic heterocycles. The van der Waals surface area contributed by atoms with Crippen LogP contribution in [0.25, 0.3) is 11.4 Å². The lowest BCUT2D eigenvalue weighted by atomic mass is 10.1. The van der Waals surface area contributed by atoms with Crippen molar-refractivity contribution in [3.05, 3.63) is 64.5 Å². The Bertz CT molecular complexity index is 936. The maximum Gasteiger partial charge on any atom is 0.269 e. The molecule has 0 radical (unpaired) electrons. The first kappa shape index (κ1) is 14.5. The van der Waals surface area contributed by atoms with Crippen molar-refractivity contribution < 1.29 is 4.92 Å². The molecular formula is C15H10N6O2S. The van der Waals surface area contributed by atoms with Gasteiger partial charge in [-0.3, -0.25) is 15.1 Å². The van der Waals surface area contributed by atoms with Gasteiger partial charge in [0.05, 0.1) is 10.6 Å². The van der Waals surface area contributed by atoms with E-state index in [9.17, 15) is 10.1 Å². The summed E-state index contributed by atoms with van der Waals surface area (Å²) in [7, 11) is 0. The molecule has 9 heteroatoms. The number of pyridine rings is 1. The van der Waals surface area contributed by atoms with Crippen LogP contribution in [0, 0.1) is 10.1 Å². The van der Waals surface area contributed by atoms with E-state index in [-0.39, 0.29) is 5.69 Å². The van der Waals surface area contributed by atoms with Crippen molar-refractivity contribution in [3.8, 4) is 11.4 Å². The van der Waals surface area contributed by atoms with E-state index in [0.29, 0.717) is 16.7 Å². The molecule has 1 aromatic carbocycles. The van der Waals surface area contributed by atoms with Gasteiger partial charge in [-0.15, -0.1) is 10.2 Å². The predicted molar refractivity (Wildman–Crippen MR) is 89.0 cm³/mol.